The third-order valence-corrected chi connectivity index (χ3v) is 3.69. The van der Waals surface area contributed by atoms with Gasteiger partial charge in [0, 0.05) is 19.1 Å². The zero-order valence-corrected chi connectivity index (χ0v) is 9.29. The van der Waals surface area contributed by atoms with Crippen LogP contribution in [0.3, 0.4) is 0 Å². The van der Waals surface area contributed by atoms with Gasteiger partial charge in [0.05, 0.1) is 5.60 Å². The van der Waals surface area contributed by atoms with E-state index in [0.29, 0.717) is 6.04 Å². The van der Waals surface area contributed by atoms with Crippen molar-refractivity contribution in [1.29, 1.82) is 0 Å². The van der Waals surface area contributed by atoms with E-state index in [1.165, 1.54) is 6.42 Å². The number of nitrogens with one attached hydrogen (secondary N) is 1. The minimum atomic E-state index is -0.440. The fourth-order valence-corrected chi connectivity index (χ4v) is 2.81. The van der Waals surface area contributed by atoms with Gasteiger partial charge in [-0.15, -0.1) is 0 Å². The molecule has 0 amide bonds. The van der Waals surface area contributed by atoms with Crippen LogP contribution in [0.25, 0.3) is 0 Å². The van der Waals surface area contributed by atoms with Crippen molar-refractivity contribution in [2.45, 2.75) is 38.3 Å². The first-order valence-electron chi connectivity index (χ1n) is 5.76. The Labute approximate surface area is 86.5 Å². The van der Waals surface area contributed by atoms with Crippen LogP contribution in [-0.2, 0) is 0 Å². The van der Waals surface area contributed by atoms with Crippen molar-refractivity contribution in [3.8, 4) is 0 Å². The van der Waals surface area contributed by atoms with Crippen molar-refractivity contribution in [3.63, 3.8) is 0 Å². The first-order chi connectivity index (χ1) is 6.58. The predicted octanol–water partition coefficient (Wildman–Crippen LogP) is 0.441. The molecular formula is C11H22N2O. The van der Waals surface area contributed by atoms with Gasteiger partial charge in [0.2, 0.25) is 0 Å². The summed E-state index contributed by atoms with van der Waals surface area (Å²) in [6.07, 6.45) is 2.17. The first-order valence-corrected chi connectivity index (χ1v) is 5.76. The average Bonchev–Trinajstić information content (AvgIpc) is 2.47. The van der Waals surface area contributed by atoms with Crippen molar-refractivity contribution >= 4 is 0 Å². The second kappa shape index (κ2) is 3.80. The molecule has 0 aliphatic carbocycles. The smallest absolute Gasteiger partial charge is 0.0758 e. The van der Waals surface area contributed by atoms with E-state index in [9.17, 15) is 5.11 Å². The normalized spacial score (nSPS) is 45.6. The lowest BCUT2D eigenvalue weighted by atomic mass is 9.94. The van der Waals surface area contributed by atoms with E-state index in [1.807, 2.05) is 6.92 Å². The highest BCUT2D eigenvalue weighted by molar-refractivity contribution is 4.92. The van der Waals surface area contributed by atoms with E-state index in [-0.39, 0.29) is 0 Å². The topological polar surface area (TPSA) is 35.5 Å². The minimum absolute atomic E-state index is 0.440. The zero-order chi connectivity index (χ0) is 10.2. The summed E-state index contributed by atoms with van der Waals surface area (Å²) in [5.74, 6) is 0.720. The highest BCUT2D eigenvalue weighted by atomic mass is 16.3. The summed E-state index contributed by atoms with van der Waals surface area (Å²) < 4.78 is 0. The molecule has 2 rings (SSSR count). The SMILES string of the molecule is CC1CNCCC1N1CCC(C)(O)C1. The Morgan fingerprint density at radius 2 is 2.29 bits per heavy atom. The number of hydrogen-bond donors (Lipinski definition) is 2. The Morgan fingerprint density at radius 1 is 1.50 bits per heavy atom. The molecule has 2 N–H and O–H groups in total. The van der Waals surface area contributed by atoms with E-state index in [2.05, 4.69) is 17.1 Å². The van der Waals surface area contributed by atoms with Crippen LogP contribution in [0, 0.1) is 5.92 Å². The largest absolute Gasteiger partial charge is 0.389 e. The van der Waals surface area contributed by atoms with Gasteiger partial charge in [0.15, 0.2) is 0 Å². The number of β-amino-alcohol motifs (C(OH)–C–C–N with tert-alkyl or cyclic N) is 1. The molecule has 0 radical (unpaired) electrons. The minimum Gasteiger partial charge on any atom is -0.389 e. The van der Waals surface area contributed by atoms with Crippen molar-refractivity contribution in [2.75, 3.05) is 26.2 Å². The second-order valence-electron chi connectivity index (χ2n) is 5.25. The molecule has 0 aromatic carbocycles. The molecule has 2 saturated heterocycles. The van der Waals surface area contributed by atoms with Crippen molar-refractivity contribution in [3.05, 3.63) is 0 Å². The molecule has 2 heterocycles. The monoisotopic (exact) mass is 198 g/mol. The molecule has 82 valence electrons. The van der Waals surface area contributed by atoms with Crippen LogP contribution in [0.5, 0.6) is 0 Å². The van der Waals surface area contributed by atoms with Crippen molar-refractivity contribution < 1.29 is 5.11 Å². The summed E-state index contributed by atoms with van der Waals surface area (Å²) in [5.41, 5.74) is -0.440. The molecule has 14 heavy (non-hydrogen) atoms. The predicted molar refractivity (Wildman–Crippen MR) is 57.3 cm³/mol. The summed E-state index contributed by atoms with van der Waals surface area (Å²) in [6.45, 7) is 8.46. The Balaban J connectivity index is 1.95. The van der Waals surface area contributed by atoms with Crippen LogP contribution in [0.2, 0.25) is 0 Å². The Kier molecular flexibility index (Phi) is 2.82. The van der Waals surface area contributed by atoms with Crippen LogP contribution in [0.4, 0.5) is 0 Å². The average molecular weight is 198 g/mol. The van der Waals surface area contributed by atoms with Gasteiger partial charge in [-0.05, 0) is 38.8 Å². The van der Waals surface area contributed by atoms with Gasteiger partial charge < -0.3 is 10.4 Å². The first kappa shape index (κ1) is 10.4. The van der Waals surface area contributed by atoms with E-state index in [4.69, 9.17) is 0 Å². The number of likely N-dealkylation sites (tertiary alicyclic amines) is 1. The summed E-state index contributed by atoms with van der Waals surface area (Å²) in [7, 11) is 0. The van der Waals surface area contributed by atoms with Crippen LogP contribution in [-0.4, -0.2) is 47.8 Å². The van der Waals surface area contributed by atoms with E-state index in [1.54, 1.807) is 0 Å². The number of piperidine rings is 1. The highest BCUT2D eigenvalue weighted by Crippen LogP contribution is 2.27. The number of hydrogen-bond acceptors (Lipinski definition) is 3. The lowest BCUT2D eigenvalue weighted by Crippen LogP contribution is -2.48. The Hall–Kier alpha value is -0.120. The van der Waals surface area contributed by atoms with Gasteiger partial charge in [-0.2, -0.15) is 0 Å². The van der Waals surface area contributed by atoms with Gasteiger partial charge >= 0.3 is 0 Å². The second-order valence-corrected chi connectivity index (χ2v) is 5.25. The fraction of sp³-hybridized carbons (Fsp3) is 1.00. The van der Waals surface area contributed by atoms with Crippen LogP contribution in [0.15, 0.2) is 0 Å². The maximum Gasteiger partial charge on any atom is 0.0758 e. The molecule has 0 saturated carbocycles. The molecule has 2 aliphatic heterocycles. The van der Waals surface area contributed by atoms with Crippen LogP contribution >= 0.6 is 0 Å². The summed E-state index contributed by atoms with van der Waals surface area (Å²) in [5, 5.41) is 13.3. The molecule has 3 atom stereocenters. The van der Waals surface area contributed by atoms with Gasteiger partial charge in [0.25, 0.3) is 0 Å². The lowest BCUT2D eigenvalue weighted by molar-refractivity contribution is 0.0520. The van der Waals surface area contributed by atoms with Gasteiger partial charge in [-0.25, -0.2) is 0 Å². The molecule has 3 nitrogen and oxygen atoms in total. The molecule has 0 bridgehead atoms. The number of rotatable bonds is 1. The highest BCUT2D eigenvalue weighted by Gasteiger charge is 2.37. The van der Waals surface area contributed by atoms with Crippen molar-refractivity contribution in [1.82, 2.24) is 10.2 Å². The third-order valence-electron chi connectivity index (χ3n) is 3.69. The lowest BCUT2D eigenvalue weighted by Gasteiger charge is -2.37. The maximum absolute atomic E-state index is 9.92. The molecular weight excluding hydrogens is 176 g/mol. The van der Waals surface area contributed by atoms with Crippen LogP contribution < -0.4 is 5.32 Å². The summed E-state index contributed by atoms with van der Waals surface area (Å²) >= 11 is 0. The summed E-state index contributed by atoms with van der Waals surface area (Å²) in [6, 6.07) is 0.685. The molecule has 2 aliphatic rings. The molecule has 2 fully saturated rings. The fourth-order valence-electron chi connectivity index (χ4n) is 2.81. The molecule has 0 spiro atoms. The van der Waals surface area contributed by atoms with Gasteiger partial charge in [-0.1, -0.05) is 6.92 Å². The standard InChI is InChI=1S/C11H22N2O/c1-9-7-12-5-3-10(9)13-6-4-11(2,14)8-13/h9-10,12,14H,3-8H2,1-2H3. The number of nitrogens with zero attached hydrogens (tertiary/aromatic N) is 1. The molecule has 0 aromatic rings. The third kappa shape index (κ3) is 2.10. The van der Waals surface area contributed by atoms with Gasteiger partial charge in [0.1, 0.15) is 0 Å². The van der Waals surface area contributed by atoms with Crippen molar-refractivity contribution in [2.24, 2.45) is 5.92 Å². The molecule has 3 unspecified atom stereocenters. The Morgan fingerprint density at radius 3 is 2.86 bits per heavy atom. The summed E-state index contributed by atoms with van der Waals surface area (Å²) in [4.78, 5) is 2.48. The number of aliphatic hydroxyl groups is 1. The van der Waals surface area contributed by atoms with Gasteiger partial charge in [-0.3, -0.25) is 4.90 Å². The Bertz CT molecular complexity index is 205. The molecule has 3 heteroatoms. The quantitative estimate of drug-likeness (QED) is 0.642. The van der Waals surface area contributed by atoms with E-state index >= 15 is 0 Å². The van der Waals surface area contributed by atoms with E-state index < -0.39 is 5.60 Å². The molecule has 0 aromatic heterocycles. The van der Waals surface area contributed by atoms with Crippen LogP contribution in [0.1, 0.15) is 26.7 Å². The van der Waals surface area contributed by atoms with E-state index in [0.717, 1.165) is 38.5 Å². The zero-order valence-electron chi connectivity index (χ0n) is 9.29. The maximum atomic E-state index is 9.92.